The highest BCUT2D eigenvalue weighted by Gasteiger charge is 2.10. The van der Waals surface area contributed by atoms with Gasteiger partial charge in [0.2, 0.25) is 5.91 Å². The van der Waals surface area contributed by atoms with Crippen molar-refractivity contribution >= 4 is 5.91 Å². The van der Waals surface area contributed by atoms with Crippen LogP contribution in [-0.4, -0.2) is 17.4 Å². The molecule has 1 aromatic rings. The Bertz CT molecular complexity index is 353. The summed E-state index contributed by atoms with van der Waals surface area (Å²) >= 11 is 0. The maximum absolute atomic E-state index is 11.8. The summed E-state index contributed by atoms with van der Waals surface area (Å²) in [5.74, 6) is 0.602. The Morgan fingerprint density at radius 1 is 1.44 bits per heavy atom. The van der Waals surface area contributed by atoms with Crippen LogP contribution in [0.2, 0.25) is 0 Å². The first-order valence-corrected chi connectivity index (χ1v) is 6.52. The van der Waals surface area contributed by atoms with Crippen LogP contribution in [0.3, 0.4) is 0 Å². The van der Waals surface area contributed by atoms with Crippen LogP contribution in [0.25, 0.3) is 0 Å². The van der Waals surface area contributed by atoms with Gasteiger partial charge in [-0.15, -0.1) is 0 Å². The fraction of sp³-hybridized carbons (Fsp3) is 0.571. The van der Waals surface area contributed by atoms with Crippen LogP contribution in [-0.2, 0) is 4.79 Å². The van der Waals surface area contributed by atoms with Gasteiger partial charge in [0, 0.05) is 18.8 Å². The Morgan fingerprint density at radius 3 is 2.83 bits per heavy atom. The third-order valence-corrected chi connectivity index (χ3v) is 3.09. The molecular weight excluding hydrogens is 226 g/mol. The summed E-state index contributed by atoms with van der Waals surface area (Å²) in [6, 6.07) is 3.85. The highest BCUT2D eigenvalue weighted by molar-refractivity contribution is 5.76. The largest absolute Gasteiger partial charge is 0.350 e. The molecule has 1 heterocycles. The summed E-state index contributed by atoms with van der Waals surface area (Å²) in [5, 5.41) is 2.98. The van der Waals surface area contributed by atoms with Crippen LogP contribution in [0.15, 0.2) is 24.5 Å². The van der Waals surface area contributed by atoms with Crippen molar-refractivity contribution in [1.82, 2.24) is 10.3 Å². The zero-order valence-corrected chi connectivity index (χ0v) is 11.2. The number of rotatable bonds is 7. The van der Waals surface area contributed by atoms with Crippen LogP contribution in [0, 0.1) is 5.92 Å². The van der Waals surface area contributed by atoms with Crippen LogP contribution in [0.5, 0.6) is 0 Å². The molecule has 1 amide bonds. The summed E-state index contributed by atoms with van der Waals surface area (Å²) in [6.45, 7) is 4.79. The molecule has 3 N–H and O–H groups in total. The molecule has 0 aliphatic carbocycles. The SMILES string of the molecule is CC(CCN)CCC(=O)N[C@@H](C)c1cccnc1. The van der Waals surface area contributed by atoms with Gasteiger partial charge in [-0.3, -0.25) is 9.78 Å². The van der Waals surface area contributed by atoms with E-state index in [-0.39, 0.29) is 11.9 Å². The van der Waals surface area contributed by atoms with Crippen molar-refractivity contribution in [3.63, 3.8) is 0 Å². The second-order valence-electron chi connectivity index (χ2n) is 4.80. The monoisotopic (exact) mass is 249 g/mol. The molecule has 1 unspecified atom stereocenters. The average Bonchev–Trinajstić information content (AvgIpc) is 2.38. The van der Waals surface area contributed by atoms with E-state index in [2.05, 4.69) is 17.2 Å². The first-order valence-electron chi connectivity index (χ1n) is 6.52. The molecule has 0 aliphatic rings. The topological polar surface area (TPSA) is 68.0 Å². The molecule has 18 heavy (non-hydrogen) atoms. The minimum absolute atomic E-state index is 0.0102. The summed E-state index contributed by atoms with van der Waals surface area (Å²) in [5.41, 5.74) is 6.51. The van der Waals surface area contributed by atoms with Gasteiger partial charge in [-0.1, -0.05) is 13.0 Å². The maximum Gasteiger partial charge on any atom is 0.220 e. The molecule has 1 aromatic heterocycles. The number of amides is 1. The number of nitrogens with one attached hydrogen (secondary N) is 1. The molecule has 0 aliphatic heterocycles. The summed E-state index contributed by atoms with van der Waals surface area (Å²) in [4.78, 5) is 15.8. The predicted octanol–water partition coefficient (Wildman–Crippen LogP) is 2.02. The highest BCUT2D eigenvalue weighted by atomic mass is 16.1. The van der Waals surface area contributed by atoms with E-state index in [0.717, 1.165) is 18.4 Å². The van der Waals surface area contributed by atoms with Crippen molar-refractivity contribution in [2.24, 2.45) is 11.7 Å². The highest BCUT2D eigenvalue weighted by Crippen LogP contribution is 2.12. The molecule has 0 saturated carbocycles. The van der Waals surface area contributed by atoms with Gasteiger partial charge in [0.25, 0.3) is 0 Å². The number of nitrogens with two attached hydrogens (primary N) is 1. The molecule has 1 rings (SSSR count). The van der Waals surface area contributed by atoms with Crippen molar-refractivity contribution in [2.45, 2.75) is 39.2 Å². The molecule has 0 spiro atoms. The maximum atomic E-state index is 11.8. The molecule has 0 aromatic carbocycles. The first-order chi connectivity index (χ1) is 8.63. The first kappa shape index (κ1) is 14.6. The standard InChI is InChI=1S/C14H23N3O/c1-11(7-8-15)5-6-14(18)17-12(2)13-4-3-9-16-10-13/h3-4,9-12H,5-8,15H2,1-2H3,(H,17,18)/t11?,12-/m0/s1. The van der Waals surface area contributed by atoms with Gasteiger partial charge >= 0.3 is 0 Å². The van der Waals surface area contributed by atoms with Gasteiger partial charge in [-0.25, -0.2) is 0 Å². The van der Waals surface area contributed by atoms with Gasteiger partial charge in [0.05, 0.1) is 6.04 Å². The van der Waals surface area contributed by atoms with E-state index >= 15 is 0 Å². The molecule has 0 fully saturated rings. The Morgan fingerprint density at radius 2 is 2.22 bits per heavy atom. The quantitative estimate of drug-likeness (QED) is 0.777. The van der Waals surface area contributed by atoms with Gasteiger partial charge in [0.1, 0.15) is 0 Å². The Kier molecular flexibility index (Phi) is 6.36. The number of carbonyl (C=O) groups excluding carboxylic acids is 1. The average molecular weight is 249 g/mol. The lowest BCUT2D eigenvalue weighted by molar-refractivity contribution is -0.122. The van der Waals surface area contributed by atoms with E-state index < -0.39 is 0 Å². The number of hydrogen-bond acceptors (Lipinski definition) is 3. The van der Waals surface area contributed by atoms with Crippen LogP contribution >= 0.6 is 0 Å². The fourth-order valence-electron chi connectivity index (χ4n) is 1.84. The molecule has 0 saturated heterocycles. The lowest BCUT2D eigenvalue weighted by atomic mass is 10.0. The zero-order chi connectivity index (χ0) is 13.4. The fourth-order valence-corrected chi connectivity index (χ4v) is 1.84. The molecule has 0 radical (unpaired) electrons. The third kappa shape index (κ3) is 5.27. The Labute approximate surface area is 109 Å². The van der Waals surface area contributed by atoms with Crippen LogP contribution in [0.4, 0.5) is 0 Å². The van der Waals surface area contributed by atoms with Gasteiger partial charge in [-0.2, -0.15) is 0 Å². The second-order valence-corrected chi connectivity index (χ2v) is 4.80. The Balaban J connectivity index is 2.32. The predicted molar refractivity (Wildman–Crippen MR) is 72.9 cm³/mol. The summed E-state index contributed by atoms with van der Waals surface area (Å²) < 4.78 is 0. The van der Waals surface area contributed by atoms with Crippen molar-refractivity contribution in [1.29, 1.82) is 0 Å². The van der Waals surface area contributed by atoms with Gasteiger partial charge < -0.3 is 11.1 Å². The number of hydrogen-bond donors (Lipinski definition) is 2. The molecule has 2 atom stereocenters. The lowest BCUT2D eigenvalue weighted by Crippen LogP contribution is -2.26. The smallest absolute Gasteiger partial charge is 0.220 e. The van der Waals surface area contributed by atoms with Gasteiger partial charge in [-0.05, 0) is 43.9 Å². The van der Waals surface area contributed by atoms with E-state index in [1.807, 2.05) is 19.1 Å². The van der Waals surface area contributed by atoms with Gasteiger partial charge in [0.15, 0.2) is 0 Å². The number of nitrogens with zero attached hydrogens (tertiary/aromatic N) is 1. The minimum atomic E-state index is 0.0102. The van der Waals surface area contributed by atoms with E-state index in [4.69, 9.17) is 5.73 Å². The molecular formula is C14H23N3O. The van der Waals surface area contributed by atoms with E-state index in [1.165, 1.54) is 0 Å². The van der Waals surface area contributed by atoms with E-state index in [9.17, 15) is 4.79 Å². The molecule has 4 nitrogen and oxygen atoms in total. The van der Waals surface area contributed by atoms with E-state index in [0.29, 0.717) is 18.9 Å². The summed E-state index contributed by atoms with van der Waals surface area (Å²) in [7, 11) is 0. The second kappa shape index (κ2) is 7.82. The van der Waals surface area contributed by atoms with Crippen molar-refractivity contribution in [3.05, 3.63) is 30.1 Å². The van der Waals surface area contributed by atoms with Crippen molar-refractivity contribution in [2.75, 3.05) is 6.54 Å². The molecule has 100 valence electrons. The number of aromatic nitrogens is 1. The summed E-state index contributed by atoms with van der Waals surface area (Å²) in [6.07, 6.45) is 5.94. The molecule has 4 heteroatoms. The van der Waals surface area contributed by atoms with Crippen molar-refractivity contribution in [3.8, 4) is 0 Å². The third-order valence-electron chi connectivity index (χ3n) is 3.09. The minimum Gasteiger partial charge on any atom is -0.350 e. The zero-order valence-electron chi connectivity index (χ0n) is 11.2. The lowest BCUT2D eigenvalue weighted by Gasteiger charge is -2.15. The van der Waals surface area contributed by atoms with Crippen LogP contribution < -0.4 is 11.1 Å². The van der Waals surface area contributed by atoms with E-state index in [1.54, 1.807) is 12.4 Å². The van der Waals surface area contributed by atoms with Crippen LogP contribution in [0.1, 0.15) is 44.7 Å². The number of pyridine rings is 1. The normalized spacial score (nSPS) is 13.9. The Hall–Kier alpha value is -1.42. The van der Waals surface area contributed by atoms with Crippen molar-refractivity contribution < 1.29 is 4.79 Å². The molecule has 0 bridgehead atoms. The number of carbonyl (C=O) groups is 1.